The molecule has 0 radical (unpaired) electrons. The van der Waals surface area contributed by atoms with E-state index in [1.54, 1.807) is 39.1 Å². The van der Waals surface area contributed by atoms with Gasteiger partial charge in [-0.25, -0.2) is 9.59 Å². The topological polar surface area (TPSA) is 127 Å². The number of carbonyl (C=O) groups excluding carboxylic acids is 3. The summed E-state index contributed by atoms with van der Waals surface area (Å²) in [6, 6.07) is 16.9. The van der Waals surface area contributed by atoms with Crippen LogP contribution in [-0.2, 0) is 32.0 Å². The van der Waals surface area contributed by atoms with Crippen LogP contribution in [0.1, 0.15) is 59.1 Å². The maximum Gasteiger partial charge on any atom is 0.407 e. The molecule has 244 valence electrons. The van der Waals surface area contributed by atoms with E-state index in [9.17, 15) is 14.4 Å². The van der Waals surface area contributed by atoms with Gasteiger partial charge >= 0.3 is 12.2 Å². The number of nitrogens with zero attached hydrogens (tertiary/aromatic N) is 1. The summed E-state index contributed by atoms with van der Waals surface area (Å²) >= 11 is 0. The van der Waals surface area contributed by atoms with E-state index in [1.807, 2.05) is 81.4 Å². The Morgan fingerprint density at radius 2 is 1.44 bits per heavy atom. The van der Waals surface area contributed by atoms with Gasteiger partial charge < -0.3 is 30.2 Å². The minimum atomic E-state index is -0.840. The summed E-state index contributed by atoms with van der Waals surface area (Å²) in [5.41, 5.74) is 0.973. The van der Waals surface area contributed by atoms with Gasteiger partial charge in [-0.3, -0.25) is 9.79 Å². The van der Waals surface area contributed by atoms with Crippen molar-refractivity contribution in [3.63, 3.8) is 0 Å². The highest BCUT2D eigenvalue weighted by Crippen LogP contribution is 2.14. The van der Waals surface area contributed by atoms with Crippen LogP contribution in [0.5, 0.6) is 0 Å². The maximum atomic E-state index is 13.5. The van der Waals surface area contributed by atoms with Crippen molar-refractivity contribution < 1.29 is 28.6 Å². The zero-order valence-electron chi connectivity index (χ0n) is 27.2. The second kappa shape index (κ2) is 18.9. The molecule has 0 aliphatic rings. The van der Waals surface area contributed by atoms with Gasteiger partial charge in [-0.05, 0) is 70.0 Å². The molecule has 2 rings (SSSR count). The lowest BCUT2D eigenvalue weighted by atomic mass is 9.96. The van der Waals surface area contributed by atoms with Crippen LogP contribution in [0.2, 0.25) is 0 Å². The van der Waals surface area contributed by atoms with Crippen LogP contribution < -0.4 is 16.0 Å². The van der Waals surface area contributed by atoms with E-state index in [2.05, 4.69) is 27.7 Å². The number of amides is 3. The number of benzene rings is 2. The van der Waals surface area contributed by atoms with Crippen LogP contribution in [0.25, 0.3) is 0 Å². The number of hydrogen-bond acceptors (Lipinski definition) is 7. The van der Waals surface area contributed by atoms with Gasteiger partial charge in [0.25, 0.3) is 0 Å². The highest BCUT2D eigenvalue weighted by atomic mass is 16.6. The Balaban J connectivity index is 2.27. The van der Waals surface area contributed by atoms with Crippen LogP contribution in [-0.4, -0.2) is 55.1 Å². The van der Waals surface area contributed by atoms with Crippen molar-refractivity contribution >= 4 is 24.8 Å². The average molecular weight is 621 g/mol. The van der Waals surface area contributed by atoms with E-state index in [0.29, 0.717) is 12.2 Å². The highest BCUT2D eigenvalue weighted by molar-refractivity contribution is 5.78. The molecule has 0 aliphatic carbocycles. The zero-order valence-corrected chi connectivity index (χ0v) is 27.2. The first-order valence-corrected chi connectivity index (χ1v) is 15.1. The van der Waals surface area contributed by atoms with Crippen molar-refractivity contribution in [1.82, 2.24) is 16.0 Å². The Labute approximate surface area is 267 Å². The molecule has 0 spiro atoms. The van der Waals surface area contributed by atoms with E-state index >= 15 is 0 Å². The predicted molar refractivity (Wildman–Crippen MR) is 177 cm³/mol. The van der Waals surface area contributed by atoms with E-state index < -0.39 is 29.9 Å². The monoisotopic (exact) mass is 620 g/mol. The summed E-state index contributed by atoms with van der Waals surface area (Å²) in [6.45, 7) is 14.8. The summed E-state index contributed by atoms with van der Waals surface area (Å²) < 4.78 is 16.9. The third kappa shape index (κ3) is 15.6. The molecular weight excluding hydrogens is 572 g/mol. The Bertz CT molecular complexity index is 1270. The van der Waals surface area contributed by atoms with E-state index in [-0.39, 0.29) is 37.5 Å². The maximum absolute atomic E-state index is 13.5. The third-order valence-corrected chi connectivity index (χ3v) is 6.57. The summed E-state index contributed by atoms with van der Waals surface area (Å²) in [4.78, 5) is 43.2. The number of allylic oxidation sites excluding steroid dienone is 3. The standard InChI is InChI=1S/C35H48N4O6/c1-25(2)31(24-43-26(3)15-14-20-36-7)37-32(40)22-30(38-33(41)44-23-28-18-12-9-13-19-28)29(21-27-16-10-8-11-17-27)39-34(42)45-35(4,5)6/h8-20,25,29-31H,7,21-24H2,1-6H3,(H,37,40)(H,38,41)(H,39,42)/b20-14-,26-15+/t29-,30-,31+/m0/s1. The molecule has 2 aromatic carbocycles. The van der Waals surface area contributed by atoms with E-state index in [4.69, 9.17) is 14.2 Å². The molecule has 3 N–H and O–H groups in total. The van der Waals surface area contributed by atoms with Crippen molar-refractivity contribution in [2.24, 2.45) is 10.9 Å². The lowest BCUT2D eigenvalue weighted by Gasteiger charge is -2.31. The highest BCUT2D eigenvalue weighted by Gasteiger charge is 2.31. The normalized spacial score (nSPS) is 13.8. The van der Waals surface area contributed by atoms with Gasteiger partial charge in [0, 0.05) is 12.6 Å². The van der Waals surface area contributed by atoms with Crippen molar-refractivity contribution in [3.8, 4) is 0 Å². The fourth-order valence-corrected chi connectivity index (χ4v) is 4.21. The fourth-order valence-electron chi connectivity index (χ4n) is 4.21. The molecule has 0 saturated carbocycles. The molecule has 3 amide bonds. The molecule has 2 aromatic rings. The molecular formula is C35H48N4O6. The number of carbonyl (C=O) groups is 3. The SMILES string of the molecule is C=N/C=C\C=C(/C)OC[C@@H](NC(=O)C[C@H](NC(=O)OCc1ccccc1)[C@H](Cc1ccccc1)NC(=O)OC(C)(C)C)C(C)C. The average Bonchev–Trinajstić information content (AvgIpc) is 2.97. The summed E-state index contributed by atoms with van der Waals surface area (Å²) in [7, 11) is 0. The second-order valence-electron chi connectivity index (χ2n) is 12.0. The minimum Gasteiger partial charge on any atom is -0.496 e. The summed E-state index contributed by atoms with van der Waals surface area (Å²) in [5.74, 6) is 0.376. The molecule has 0 unspecified atom stereocenters. The smallest absolute Gasteiger partial charge is 0.407 e. The Kier molecular flexibility index (Phi) is 15.4. The van der Waals surface area contributed by atoms with E-state index in [1.165, 1.54) is 0 Å². The number of alkyl carbamates (subject to hydrolysis) is 2. The van der Waals surface area contributed by atoms with Crippen molar-refractivity contribution in [3.05, 3.63) is 95.9 Å². The number of nitrogens with one attached hydrogen (secondary N) is 3. The fraction of sp³-hybridized carbons (Fsp3) is 0.429. The first-order valence-electron chi connectivity index (χ1n) is 15.1. The largest absolute Gasteiger partial charge is 0.496 e. The van der Waals surface area contributed by atoms with Crippen molar-refractivity contribution in [2.75, 3.05) is 6.61 Å². The molecule has 0 aromatic heterocycles. The number of ether oxygens (including phenoxy) is 3. The third-order valence-electron chi connectivity index (χ3n) is 6.57. The molecule has 10 heteroatoms. The number of aliphatic imine (C=N–C) groups is 1. The Hall–Kier alpha value is -4.60. The van der Waals surface area contributed by atoms with Gasteiger partial charge in [-0.15, -0.1) is 0 Å². The number of hydrogen-bond donors (Lipinski definition) is 3. The van der Waals surface area contributed by atoms with Crippen LogP contribution in [0.3, 0.4) is 0 Å². The molecule has 0 aliphatic heterocycles. The summed E-state index contributed by atoms with van der Waals surface area (Å²) in [6.07, 6.45) is 3.82. The lowest BCUT2D eigenvalue weighted by molar-refractivity contribution is -0.123. The van der Waals surface area contributed by atoms with Gasteiger partial charge in [-0.2, -0.15) is 0 Å². The molecule has 3 atom stereocenters. The van der Waals surface area contributed by atoms with Crippen LogP contribution >= 0.6 is 0 Å². The quantitative estimate of drug-likeness (QED) is 0.119. The van der Waals surface area contributed by atoms with Gasteiger partial charge in [0.05, 0.1) is 23.9 Å². The predicted octanol–water partition coefficient (Wildman–Crippen LogP) is 6.08. The molecule has 0 fully saturated rings. The molecule has 0 bridgehead atoms. The number of rotatable bonds is 16. The van der Waals surface area contributed by atoms with Crippen LogP contribution in [0.4, 0.5) is 9.59 Å². The lowest BCUT2D eigenvalue weighted by Crippen LogP contribution is -2.55. The first kappa shape index (κ1) is 36.6. The van der Waals surface area contributed by atoms with E-state index in [0.717, 1.165) is 11.1 Å². The minimum absolute atomic E-state index is 0.0477. The molecule has 0 heterocycles. The van der Waals surface area contributed by atoms with Gasteiger partial charge in [-0.1, -0.05) is 74.5 Å². The molecule has 0 saturated heterocycles. The molecule has 45 heavy (non-hydrogen) atoms. The van der Waals surface area contributed by atoms with Crippen molar-refractivity contribution in [1.29, 1.82) is 0 Å². The summed E-state index contributed by atoms with van der Waals surface area (Å²) in [5, 5.41) is 8.76. The second-order valence-corrected chi connectivity index (χ2v) is 12.0. The Morgan fingerprint density at radius 1 is 0.844 bits per heavy atom. The molecule has 10 nitrogen and oxygen atoms in total. The first-order chi connectivity index (χ1) is 21.4. The zero-order chi connectivity index (χ0) is 33.2. The van der Waals surface area contributed by atoms with Gasteiger partial charge in [0.1, 0.15) is 18.8 Å². The Morgan fingerprint density at radius 3 is 2.02 bits per heavy atom. The van der Waals surface area contributed by atoms with Crippen molar-refractivity contribution in [2.45, 2.75) is 84.7 Å². The van der Waals surface area contributed by atoms with Crippen LogP contribution in [0, 0.1) is 5.92 Å². The van der Waals surface area contributed by atoms with Crippen LogP contribution in [0.15, 0.2) is 89.8 Å². The van der Waals surface area contributed by atoms with Gasteiger partial charge in [0.15, 0.2) is 0 Å². The van der Waals surface area contributed by atoms with Gasteiger partial charge in [0.2, 0.25) is 5.91 Å².